The Labute approximate surface area is 177 Å². The molecule has 1 aliphatic carbocycles. The van der Waals surface area contributed by atoms with E-state index in [4.69, 9.17) is 9.47 Å². The predicted octanol–water partition coefficient (Wildman–Crippen LogP) is 3.23. The first-order valence-electron chi connectivity index (χ1n) is 9.91. The van der Waals surface area contributed by atoms with Crippen LogP contribution in [0.5, 0.6) is 5.75 Å². The number of H-pyrrole nitrogens is 1. The number of ether oxygens (including phenoxy) is 2. The van der Waals surface area contributed by atoms with Gasteiger partial charge >= 0.3 is 5.97 Å². The average molecular weight is 426 g/mol. The topological polar surface area (TPSA) is 98.3 Å². The lowest BCUT2D eigenvalue weighted by Crippen LogP contribution is -2.17. The van der Waals surface area contributed by atoms with Gasteiger partial charge in [-0.2, -0.15) is 0 Å². The predicted molar refractivity (Wildman–Crippen MR) is 113 cm³/mol. The summed E-state index contributed by atoms with van der Waals surface area (Å²) in [5, 5.41) is 0.699. The zero-order chi connectivity index (χ0) is 21.1. The van der Waals surface area contributed by atoms with Crippen LogP contribution in [0.15, 0.2) is 29.1 Å². The molecule has 30 heavy (non-hydrogen) atoms. The summed E-state index contributed by atoms with van der Waals surface area (Å²) in [5.74, 6) is 0.203. The third kappa shape index (κ3) is 4.28. The molecule has 0 bridgehead atoms. The standard InChI is InChI=1S/C22H22N2O5S/c1-28-14-6-4-5-13(11-14)16(25)12-29-19(26)10-9-18-23-21(27)20-15-7-2-3-8-17(15)30-22(20)24-18/h4-6,11H,2-3,7-10,12H2,1H3,(H,23,24,27). The largest absolute Gasteiger partial charge is 0.497 e. The Bertz CT molecular complexity index is 1160. The molecule has 2 aromatic heterocycles. The van der Waals surface area contributed by atoms with Crippen LogP contribution in [0.1, 0.15) is 45.9 Å². The van der Waals surface area contributed by atoms with Crippen molar-refractivity contribution >= 4 is 33.3 Å². The number of nitrogens with zero attached hydrogens (tertiary/aromatic N) is 1. The molecule has 0 amide bonds. The second-order valence-electron chi connectivity index (χ2n) is 7.22. The molecular weight excluding hydrogens is 404 g/mol. The van der Waals surface area contributed by atoms with E-state index in [2.05, 4.69) is 9.97 Å². The van der Waals surface area contributed by atoms with Crippen molar-refractivity contribution in [3.63, 3.8) is 0 Å². The second-order valence-corrected chi connectivity index (χ2v) is 8.30. The number of aryl methyl sites for hydroxylation is 3. The maximum Gasteiger partial charge on any atom is 0.306 e. The quantitative estimate of drug-likeness (QED) is 0.460. The number of carbonyl (C=O) groups excluding carboxylic acids is 2. The molecule has 0 radical (unpaired) electrons. The van der Waals surface area contributed by atoms with Crippen molar-refractivity contribution in [1.82, 2.24) is 9.97 Å². The van der Waals surface area contributed by atoms with Gasteiger partial charge in [0, 0.05) is 16.9 Å². The Kier molecular flexibility index (Phi) is 5.94. The van der Waals surface area contributed by atoms with E-state index in [1.807, 2.05) is 0 Å². The first kappa shape index (κ1) is 20.3. The first-order valence-corrected chi connectivity index (χ1v) is 10.7. The molecule has 0 spiro atoms. The van der Waals surface area contributed by atoms with E-state index in [1.165, 1.54) is 12.0 Å². The van der Waals surface area contributed by atoms with Gasteiger partial charge in [0.15, 0.2) is 12.4 Å². The number of hydrogen-bond acceptors (Lipinski definition) is 7. The normalized spacial score (nSPS) is 13.1. The average Bonchev–Trinajstić information content (AvgIpc) is 3.15. The Balaban J connectivity index is 1.36. The highest BCUT2D eigenvalue weighted by molar-refractivity contribution is 7.18. The number of aromatic amines is 1. The Morgan fingerprint density at radius 3 is 2.90 bits per heavy atom. The minimum atomic E-state index is -0.514. The zero-order valence-corrected chi connectivity index (χ0v) is 17.5. The molecule has 7 nitrogen and oxygen atoms in total. The van der Waals surface area contributed by atoms with Crippen LogP contribution < -0.4 is 10.3 Å². The summed E-state index contributed by atoms with van der Waals surface area (Å²) in [5.41, 5.74) is 1.41. The van der Waals surface area contributed by atoms with Crippen molar-refractivity contribution in [3.8, 4) is 5.75 Å². The maximum absolute atomic E-state index is 12.5. The molecule has 8 heteroatoms. The highest BCUT2D eigenvalue weighted by Crippen LogP contribution is 2.33. The van der Waals surface area contributed by atoms with Gasteiger partial charge in [-0.1, -0.05) is 12.1 Å². The van der Waals surface area contributed by atoms with Gasteiger partial charge in [-0.05, 0) is 43.4 Å². The minimum Gasteiger partial charge on any atom is -0.497 e. The molecule has 0 aliphatic heterocycles. The van der Waals surface area contributed by atoms with Gasteiger partial charge < -0.3 is 14.5 Å². The van der Waals surface area contributed by atoms with Crippen molar-refractivity contribution in [2.75, 3.05) is 13.7 Å². The van der Waals surface area contributed by atoms with E-state index in [1.54, 1.807) is 35.6 Å². The molecule has 156 valence electrons. The number of methoxy groups -OCH3 is 1. The number of aromatic nitrogens is 2. The molecule has 4 rings (SSSR count). The van der Waals surface area contributed by atoms with Gasteiger partial charge in [-0.15, -0.1) is 11.3 Å². The molecule has 0 unspecified atom stereocenters. The Morgan fingerprint density at radius 1 is 1.23 bits per heavy atom. The van der Waals surface area contributed by atoms with E-state index in [-0.39, 0.29) is 30.8 Å². The van der Waals surface area contributed by atoms with Gasteiger partial charge in [0.2, 0.25) is 0 Å². The molecule has 3 aromatic rings. The number of fused-ring (bicyclic) bond motifs is 3. The van der Waals surface area contributed by atoms with E-state index in [0.29, 0.717) is 22.5 Å². The number of thiophene rings is 1. The van der Waals surface area contributed by atoms with E-state index >= 15 is 0 Å². The third-order valence-corrected chi connectivity index (χ3v) is 6.38. The number of hydrogen-bond donors (Lipinski definition) is 1. The monoisotopic (exact) mass is 426 g/mol. The highest BCUT2D eigenvalue weighted by atomic mass is 32.1. The molecule has 1 N–H and O–H groups in total. The summed E-state index contributed by atoms with van der Waals surface area (Å²) in [6.07, 6.45) is 4.45. The Morgan fingerprint density at radius 2 is 2.07 bits per heavy atom. The van der Waals surface area contributed by atoms with Crippen LogP contribution in [0.25, 0.3) is 10.2 Å². The fourth-order valence-corrected chi connectivity index (χ4v) is 4.93. The van der Waals surface area contributed by atoms with Crippen molar-refractivity contribution in [1.29, 1.82) is 0 Å². The summed E-state index contributed by atoms with van der Waals surface area (Å²) in [4.78, 5) is 46.1. The molecule has 0 saturated heterocycles. The number of carbonyl (C=O) groups is 2. The van der Waals surface area contributed by atoms with Crippen LogP contribution in [0.4, 0.5) is 0 Å². The number of benzene rings is 1. The van der Waals surface area contributed by atoms with Crippen LogP contribution in [-0.2, 0) is 28.8 Å². The summed E-state index contributed by atoms with van der Waals surface area (Å²) >= 11 is 1.57. The molecular formula is C22H22N2O5S. The zero-order valence-electron chi connectivity index (χ0n) is 16.7. The fourth-order valence-electron chi connectivity index (χ4n) is 3.65. The van der Waals surface area contributed by atoms with Gasteiger partial charge in [0.25, 0.3) is 5.56 Å². The summed E-state index contributed by atoms with van der Waals surface area (Å²) in [7, 11) is 1.52. The molecule has 1 aliphatic rings. The van der Waals surface area contributed by atoms with E-state index in [0.717, 1.165) is 36.1 Å². The first-order chi connectivity index (χ1) is 14.5. The molecule has 0 atom stereocenters. The molecule has 2 heterocycles. The van der Waals surface area contributed by atoms with Crippen molar-refractivity contribution in [3.05, 3.63) is 56.4 Å². The smallest absolute Gasteiger partial charge is 0.306 e. The Hall–Kier alpha value is -3.00. The molecule has 0 fully saturated rings. The fraction of sp³-hybridized carbons (Fsp3) is 0.364. The van der Waals surface area contributed by atoms with Crippen molar-refractivity contribution in [2.45, 2.75) is 38.5 Å². The summed E-state index contributed by atoms with van der Waals surface area (Å²) < 4.78 is 10.2. The highest BCUT2D eigenvalue weighted by Gasteiger charge is 2.20. The van der Waals surface area contributed by atoms with Gasteiger partial charge in [-0.25, -0.2) is 4.98 Å². The third-order valence-electron chi connectivity index (χ3n) is 5.20. The number of esters is 1. The number of rotatable bonds is 7. The molecule has 1 aromatic carbocycles. The van der Waals surface area contributed by atoms with Crippen LogP contribution in [-0.4, -0.2) is 35.4 Å². The maximum atomic E-state index is 12.5. The molecule has 0 saturated carbocycles. The van der Waals surface area contributed by atoms with Crippen molar-refractivity contribution in [2.24, 2.45) is 0 Å². The van der Waals surface area contributed by atoms with Crippen LogP contribution in [0.2, 0.25) is 0 Å². The van der Waals surface area contributed by atoms with E-state index < -0.39 is 5.97 Å². The summed E-state index contributed by atoms with van der Waals surface area (Å²) in [6.45, 7) is -0.341. The van der Waals surface area contributed by atoms with Crippen LogP contribution >= 0.6 is 11.3 Å². The summed E-state index contributed by atoms with van der Waals surface area (Å²) in [6, 6.07) is 6.68. The second kappa shape index (κ2) is 8.79. The van der Waals surface area contributed by atoms with Gasteiger partial charge in [-0.3, -0.25) is 14.4 Å². The van der Waals surface area contributed by atoms with Crippen molar-refractivity contribution < 1.29 is 19.1 Å². The lowest BCUT2D eigenvalue weighted by atomic mass is 9.97. The SMILES string of the molecule is COc1cccc(C(=O)COC(=O)CCc2nc3sc4c(c3c(=O)[nH]2)CCCC4)c1. The number of nitrogens with one attached hydrogen (secondary N) is 1. The lowest BCUT2D eigenvalue weighted by molar-refractivity contribution is -0.142. The van der Waals surface area contributed by atoms with Gasteiger partial charge in [0.05, 0.1) is 18.9 Å². The number of Topliss-reactive ketones (excluding diaryl/α,β-unsaturated/α-hetero) is 1. The number of ketones is 1. The lowest BCUT2D eigenvalue weighted by Gasteiger charge is -2.09. The van der Waals surface area contributed by atoms with Crippen LogP contribution in [0, 0.1) is 0 Å². The van der Waals surface area contributed by atoms with Crippen LogP contribution in [0.3, 0.4) is 0 Å². The van der Waals surface area contributed by atoms with E-state index in [9.17, 15) is 14.4 Å². The minimum absolute atomic E-state index is 0.0327. The van der Waals surface area contributed by atoms with Gasteiger partial charge in [0.1, 0.15) is 16.4 Å².